The van der Waals surface area contributed by atoms with Gasteiger partial charge in [-0.15, -0.1) is 0 Å². The number of carbonyl (C=O) groups is 1. The lowest BCUT2D eigenvalue weighted by Gasteiger charge is -2.11. The summed E-state index contributed by atoms with van der Waals surface area (Å²) in [6.45, 7) is 4.02. The maximum absolute atomic E-state index is 13.2. The van der Waals surface area contributed by atoms with E-state index >= 15 is 0 Å². The number of benzene rings is 2. The first-order chi connectivity index (χ1) is 13.5. The van der Waals surface area contributed by atoms with E-state index in [-0.39, 0.29) is 18.1 Å². The zero-order valence-electron chi connectivity index (χ0n) is 15.7. The number of aryl methyl sites for hydroxylation is 1. The van der Waals surface area contributed by atoms with Crippen molar-refractivity contribution in [3.63, 3.8) is 0 Å². The van der Waals surface area contributed by atoms with Crippen LogP contribution in [0.25, 0.3) is 16.6 Å². The quantitative estimate of drug-likeness (QED) is 0.497. The van der Waals surface area contributed by atoms with Gasteiger partial charge in [0.25, 0.3) is 0 Å². The smallest absolute Gasteiger partial charge is 0.183 e. The number of rotatable bonds is 5. The van der Waals surface area contributed by atoms with Crippen molar-refractivity contribution in [3.8, 4) is 5.69 Å². The van der Waals surface area contributed by atoms with Crippen LogP contribution >= 0.6 is 0 Å². The Bertz CT molecular complexity index is 1160. The molecule has 1 N–H and O–H groups in total. The van der Waals surface area contributed by atoms with Crippen LogP contribution in [0, 0.1) is 19.7 Å². The molecule has 0 aliphatic heterocycles. The van der Waals surface area contributed by atoms with E-state index in [4.69, 9.17) is 0 Å². The topological polar surface area (TPSA) is 46.9 Å². The van der Waals surface area contributed by atoms with Gasteiger partial charge in [0, 0.05) is 34.2 Å². The van der Waals surface area contributed by atoms with Crippen LogP contribution in [0.4, 0.5) is 10.1 Å². The summed E-state index contributed by atoms with van der Waals surface area (Å²) in [7, 11) is 0. The average Bonchev–Trinajstić information content (AvgIpc) is 3.01. The molecule has 0 aliphatic carbocycles. The molecule has 2 aromatic heterocycles. The number of para-hydroxylation sites is 1. The van der Waals surface area contributed by atoms with E-state index in [2.05, 4.69) is 10.3 Å². The molecular formula is C23H20FN3O. The molecule has 2 heterocycles. The van der Waals surface area contributed by atoms with Gasteiger partial charge in [0.1, 0.15) is 5.82 Å². The number of carbonyl (C=O) groups excluding carboxylic acids is 1. The maximum Gasteiger partial charge on any atom is 0.183 e. The van der Waals surface area contributed by atoms with Crippen molar-refractivity contribution in [3.05, 3.63) is 89.6 Å². The van der Waals surface area contributed by atoms with Gasteiger partial charge in [0.05, 0.1) is 17.7 Å². The molecule has 28 heavy (non-hydrogen) atoms. The largest absolute Gasteiger partial charge is 0.376 e. The van der Waals surface area contributed by atoms with E-state index in [9.17, 15) is 9.18 Å². The van der Waals surface area contributed by atoms with Crippen LogP contribution in [0.15, 0.2) is 66.9 Å². The predicted molar refractivity (Wildman–Crippen MR) is 110 cm³/mol. The SMILES string of the molecule is Cc1cc(C(=O)CNc2cccc3cccnc23)c(C)n1-c1ccc(F)cc1. The van der Waals surface area contributed by atoms with Crippen molar-refractivity contribution < 1.29 is 9.18 Å². The summed E-state index contributed by atoms with van der Waals surface area (Å²) in [4.78, 5) is 17.3. The summed E-state index contributed by atoms with van der Waals surface area (Å²) in [6.07, 6.45) is 1.74. The van der Waals surface area contributed by atoms with Crippen molar-refractivity contribution >= 4 is 22.4 Å². The van der Waals surface area contributed by atoms with Gasteiger partial charge in [-0.3, -0.25) is 9.78 Å². The van der Waals surface area contributed by atoms with Crippen molar-refractivity contribution in [2.45, 2.75) is 13.8 Å². The van der Waals surface area contributed by atoms with Crippen LogP contribution in [0.5, 0.6) is 0 Å². The highest BCUT2D eigenvalue weighted by Crippen LogP contribution is 2.23. The first kappa shape index (κ1) is 17.9. The van der Waals surface area contributed by atoms with Gasteiger partial charge in [-0.05, 0) is 56.3 Å². The number of hydrogen-bond donors (Lipinski definition) is 1. The summed E-state index contributed by atoms with van der Waals surface area (Å²) in [5.41, 5.74) is 4.93. The van der Waals surface area contributed by atoms with E-state index in [1.54, 1.807) is 18.3 Å². The number of nitrogens with zero attached hydrogens (tertiary/aromatic N) is 2. The molecule has 0 amide bonds. The van der Waals surface area contributed by atoms with Crippen LogP contribution in [0.2, 0.25) is 0 Å². The Labute approximate surface area is 162 Å². The molecule has 4 nitrogen and oxygen atoms in total. The predicted octanol–water partition coefficient (Wildman–Crippen LogP) is 5.08. The van der Waals surface area contributed by atoms with Gasteiger partial charge >= 0.3 is 0 Å². The Morgan fingerprint density at radius 2 is 1.82 bits per heavy atom. The first-order valence-electron chi connectivity index (χ1n) is 9.10. The van der Waals surface area contributed by atoms with E-state index < -0.39 is 0 Å². The molecule has 0 bridgehead atoms. The molecule has 140 valence electrons. The third kappa shape index (κ3) is 3.27. The Morgan fingerprint density at radius 3 is 2.61 bits per heavy atom. The average molecular weight is 373 g/mol. The molecule has 0 aliphatic rings. The minimum atomic E-state index is -0.282. The number of ketones is 1. The molecule has 2 aromatic carbocycles. The highest BCUT2D eigenvalue weighted by Gasteiger charge is 2.17. The number of hydrogen-bond acceptors (Lipinski definition) is 3. The second kappa shape index (κ2) is 7.27. The van der Waals surface area contributed by atoms with Crippen molar-refractivity contribution in [2.24, 2.45) is 0 Å². The van der Waals surface area contributed by atoms with E-state index in [0.717, 1.165) is 33.7 Å². The molecule has 0 fully saturated rings. The zero-order valence-corrected chi connectivity index (χ0v) is 15.7. The number of fused-ring (bicyclic) bond motifs is 1. The number of Topliss-reactive ketones (excluding diaryl/α,β-unsaturated/α-hetero) is 1. The minimum Gasteiger partial charge on any atom is -0.376 e. The summed E-state index contributed by atoms with van der Waals surface area (Å²) in [5, 5.41) is 4.24. The van der Waals surface area contributed by atoms with E-state index in [1.807, 2.05) is 54.8 Å². The molecule has 0 saturated carbocycles. The second-order valence-corrected chi connectivity index (χ2v) is 6.75. The number of halogens is 1. The van der Waals surface area contributed by atoms with E-state index in [1.165, 1.54) is 12.1 Å². The van der Waals surface area contributed by atoms with Gasteiger partial charge in [0.15, 0.2) is 5.78 Å². The van der Waals surface area contributed by atoms with Gasteiger partial charge < -0.3 is 9.88 Å². The lowest BCUT2D eigenvalue weighted by atomic mass is 10.1. The molecular weight excluding hydrogens is 353 g/mol. The summed E-state index contributed by atoms with van der Waals surface area (Å²) in [6, 6.07) is 17.9. The highest BCUT2D eigenvalue weighted by atomic mass is 19.1. The lowest BCUT2D eigenvalue weighted by Crippen LogP contribution is -2.15. The molecule has 4 rings (SSSR count). The normalized spacial score (nSPS) is 11.0. The van der Waals surface area contributed by atoms with E-state index in [0.29, 0.717) is 5.56 Å². The van der Waals surface area contributed by atoms with Gasteiger partial charge in [-0.1, -0.05) is 18.2 Å². The third-order valence-corrected chi connectivity index (χ3v) is 4.89. The fourth-order valence-corrected chi connectivity index (χ4v) is 3.55. The van der Waals surface area contributed by atoms with Crippen LogP contribution in [0.3, 0.4) is 0 Å². The van der Waals surface area contributed by atoms with Gasteiger partial charge in [-0.2, -0.15) is 0 Å². The Hall–Kier alpha value is -3.47. The first-order valence-corrected chi connectivity index (χ1v) is 9.10. The van der Waals surface area contributed by atoms with Crippen LogP contribution in [-0.4, -0.2) is 21.9 Å². The number of nitrogens with one attached hydrogen (secondary N) is 1. The molecule has 5 heteroatoms. The summed E-state index contributed by atoms with van der Waals surface area (Å²) in [5.74, 6) is -0.287. The molecule has 4 aromatic rings. The zero-order chi connectivity index (χ0) is 19.7. The summed E-state index contributed by atoms with van der Waals surface area (Å²) < 4.78 is 15.2. The number of aromatic nitrogens is 2. The summed E-state index contributed by atoms with van der Waals surface area (Å²) >= 11 is 0. The standard InChI is InChI=1S/C23H20FN3O/c1-15-13-20(16(2)27(15)19-10-8-18(24)9-11-19)22(28)14-26-21-7-3-5-17-6-4-12-25-23(17)21/h3-13,26H,14H2,1-2H3. The lowest BCUT2D eigenvalue weighted by molar-refractivity contribution is 0.101. The number of pyridine rings is 1. The monoisotopic (exact) mass is 373 g/mol. The molecule has 0 saturated heterocycles. The highest BCUT2D eigenvalue weighted by molar-refractivity contribution is 6.01. The third-order valence-electron chi connectivity index (χ3n) is 4.89. The number of anilines is 1. The minimum absolute atomic E-state index is 0.00519. The molecule has 0 atom stereocenters. The van der Waals surface area contributed by atoms with Crippen molar-refractivity contribution in [2.75, 3.05) is 11.9 Å². The van der Waals surface area contributed by atoms with Gasteiger partial charge in [-0.25, -0.2) is 4.39 Å². The van der Waals surface area contributed by atoms with Crippen molar-refractivity contribution in [1.82, 2.24) is 9.55 Å². The fourth-order valence-electron chi connectivity index (χ4n) is 3.55. The van der Waals surface area contributed by atoms with Crippen molar-refractivity contribution in [1.29, 1.82) is 0 Å². The Morgan fingerprint density at radius 1 is 1.07 bits per heavy atom. The van der Waals surface area contributed by atoms with Crippen LogP contribution in [-0.2, 0) is 0 Å². The Kier molecular flexibility index (Phi) is 4.65. The Balaban J connectivity index is 1.59. The van der Waals surface area contributed by atoms with Gasteiger partial charge in [0.2, 0.25) is 0 Å². The van der Waals surface area contributed by atoms with Crippen LogP contribution < -0.4 is 5.32 Å². The van der Waals surface area contributed by atoms with Crippen LogP contribution in [0.1, 0.15) is 21.7 Å². The molecule has 0 unspecified atom stereocenters. The maximum atomic E-state index is 13.2. The molecule has 0 spiro atoms. The fraction of sp³-hybridized carbons (Fsp3) is 0.130. The molecule has 0 radical (unpaired) electrons. The second-order valence-electron chi connectivity index (χ2n) is 6.75.